The number of nitrogen functional groups attached to an aromatic ring is 1. The third kappa shape index (κ3) is 1.16. The Kier molecular flexibility index (Phi) is 1.95. The van der Waals surface area contributed by atoms with Gasteiger partial charge in [-0.1, -0.05) is 12.1 Å². The molecule has 0 aliphatic rings. The lowest BCUT2D eigenvalue weighted by Gasteiger charge is -2.06. The lowest BCUT2D eigenvalue weighted by molar-refractivity contribution is 0.545. The average Bonchev–Trinajstić information content (AvgIpc) is 2.46. The Morgan fingerprint density at radius 3 is 2.64 bits per heavy atom. The van der Waals surface area contributed by atoms with Crippen molar-refractivity contribution in [2.45, 2.75) is 26.8 Å². The van der Waals surface area contributed by atoms with Crippen molar-refractivity contribution in [1.29, 1.82) is 0 Å². The van der Waals surface area contributed by atoms with E-state index in [0.717, 1.165) is 16.7 Å². The predicted octanol–water partition coefficient (Wildman–Crippen LogP) is 2.51. The molecule has 0 aliphatic heterocycles. The first-order chi connectivity index (χ1) is 6.61. The number of aryl methyl sites for hydroxylation is 1. The van der Waals surface area contributed by atoms with Gasteiger partial charge in [0.1, 0.15) is 5.82 Å². The summed E-state index contributed by atoms with van der Waals surface area (Å²) in [6, 6.07) is 6.39. The Morgan fingerprint density at radius 2 is 2.07 bits per heavy atom. The van der Waals surface area contributed by atoms with Crippen molar-refractivity contribution < 1.29 is 0 Å². The number of benzene rings is 1. The standard InChI is InChI=1S/C11H15N3/c1-7(2)14-11(12)9-6-4-5-8(3)10(9)13-14/h4-7H,12H2,1-3H3. The van der Waals surface area contributed by atoms with Crippen LogP contribution < -0.4 is 5.73 Å². The summed E-state index contributed by atoms with van der Waals surface area (Å²) >= 11 is 0. The Bertz CT molecular complexity index is 469. The van der Waals surface area contributed by atoms with Gasteiger partial charge in [0, 0.05) is 11.4 Å². The van der Waals surface area contributed by atoms with Crippen LogP contribution in [0.1, 0.15) is 25.5 Å². The van der Waals surface area contributed by atoms with E-state index in [4.69, 9.17) is 5.73 Å². The fourth-order valence-electron chi connectivity index (χ4n) is 1.68. The van der Waals surface area contributed by atoms with Crippen LogP contribution in [0, 0.1) is 6.92 Å². The smallest absolute Gasteiger partial charge is 0.129 e. The molecule has 1 heterocycles. The van der Waals surface area contributed by atoms with E-state index in [1.807, 2.05) is 16.8 Å². The summed E-state index contributed by atoms with van der Waals surface area (Å²) in [5.41, 5.74) is 8.20. The number of anilines is 1. The summed E-state index contributed by atoms with van der Waals surface area (Å²) in [5.74, 6) is 0.763. The van der Waals surface area contributed by atoms with Crippen LogP contribution in [0.4, 0.5) is 5.82 Å². The molecule has 3 nitrogen and oxygen atoms in total. The van der Waals surface area contributed by atoms with E-state index in [-0.39, 0.29) is 0 Å². The third-order valence-corrected chi connectivity index (χ3v) is 2.46. The molecule has 74 valence electrons. The molecule has 0 bridgehead atoms. The Morgan fingerprint density at radius 1 is 1.36 bits per heavy atom. The quantitative estimate of drug-likeness (QED) is 0.749. The van der Waals surface area contributed by atoms with Crippen LogP contribution in [0.2, 0.25) is 0 Å². The molecule has 0 aliphatic carbocycles. The fraction of sp³-hybridized carbons (Fsp3) is 0.364. The summed E-state index contributed by atoms with van der Waals surface area (Å²) < 4.78 is 1.87. The molecule has 3 heteroatoms. The number of hydrogen-bond donors (Lipinski definition) is 1. The molecule has 2 rings (SSSR count). The summed E-state index contributed by atoms with van der Waals surface area (Å²) in [6.07, 6.45) is 0. The van der Waals surface area contributed by atoms with Crippen molar-refractivity contribution in [3.63, 3.8) is 0 Å². The molecule has 14 heavy (non-hydrogen) atoms. The van der Waals surface area contributed by atoms with Crippen molar-refractivity contribution in [3.05, 3.63) is 23.8 Å². The lowest BCUT2D eigenvalue weighted by atomic mass is 10.1. The van der Waals surface area contributed by atoms with Gasteiger partial charge >= 0.3 is 0 Å². The molecule has 0 saturated heterocycles. The first kappa shape index (κ1) is 9.06. The van der Waals surface area contributed by atoms with Gasteiger partial charge in [-0.25, -0.2) is 4.68 Å². The van der Waals surface area contributed by atoms with Crippen LogP contribution in [0.25, 0.3) is 10.9 Å². The number of nitrogens with zero attached hydrogens (tertiary/aromatic N) is 2. The largest absolute Gasteiger partial charge is 0.383 e. The second-order valence-electron chi connectivity index (χ2n) is 3.89. The van der Waals surface area contributed by atoms with Crippen molar-refractivity contribution in [1.82, 2.24) is 9.78 Å². The first-order valence-electron chi connectivity index (χ1n) is 4.84. The Hall–Kier alpha value is -1.51. The monoisotopic (exact) mass is 189 g/mol. The highest BCUT2D eigenvalue weighted by atomic mass is 15.3. The van der Waals surface area contributed by atoms with Crippen LogP contribution in [-0.2, 0) is 0 Å². The predicted molar refractivity (Wildman–Crippen MR) is 59.3 cm³/mol. The van der Waals surface area contributed by atoms with Crippen LogP contribution in [-0.4, -0.2) is 9.78 Å². The van der Waals surface area contributed by atoms with Gasteiger partial charge in [0.05, 0.1) is 5.52 Å². The maximum Gasteiger partial charge on any atom is 0.129 e. The first-order valence-corrected chi connectivity index (χ1v) is 4.84. The molecule has 1 aromatic carbocycles. The van der Waals surface area contributed by atoms with E-state index in [1.54, 1.807) is 0 Å². The third-order valence-electron chi connectivity index (χ3n) is 2.46. The van der Waals surface area contributed by atoms with Crippen LogP contribution in [0.3, 0.4) is 0 Å². The summed E-state index contributed by atoms with van der Waals surface area (Å²) in [4.78, 5) is 0. The van der Waals surface area contributed by atoms with E-state index in [9.17, 15) is 0 Å². The van der Waals surface area contributed by atoms with E-state index in [0.29, 0.717) is 6.04 Å². The number of hydrogen-bond acceptors (Lipinski definition) is 2. The topological polar surface area (TPSA) is 43.8 Å². The van der Waals surface area contributed by atoms with Gasteiger partial charge in [-0.3, -0.25) is 0 Å². The number of aromatic nitrogens is 2. The van der Waals surface area contributed by atoms with Gasteiger partial charge in [0.2, 0.25) is 0 Å². The SMILES string of the molecule is Cc1cccc2c(N)n(C(C)C)nc12. The molecule has 0 spiro atoms. The van der Waals surface area contributed by atoms with Crippen molar-refractivity contribution >= 4 is 16.7 Å². The molecule has 2 N–H and O–H groups in total. The molecule has 2 aromatic rings. The fourth-order valence-corrected chi connectivity index (χ4v) is 1.68. The molecular formula is C11H15N3. The highest BCUT2D eigenvalue weighted by molar-refractivity contribution is 5.91. The minimum absolute atomic E-state index is 0.307. The van der Waals surface area contributed by atoms with Crippen LogP contribution in [0.5, 0.6) is 0 Å². The Balaban J connectivity index is 2.80. The molecule has 0 unspecified atom stereocenters. The summed E-state index contributed by atoms with van der Waals surface area (Å²) in [6.45, 7) is 6.22. The highest BCUT2D eigenvalue weighted by Crippen LogP contribution is 2.25. The van der Waals surface area contributed by atoms with Gasteiger partial charge in [-0.05, 0) is 32.4 Å². The molecular weight excluding hydrogens is 174 g/mol. The van der Waals surface area contributed by atoms with E-state index < -0.39 is 0 Å². The van der Waals surface area contributed by atoms with Gasteiger partial charge in [-0.15, -0.1) is 0 Å². The summed E-state index contributed by atoms with van der Waals surface area (Å²) in [5, 5.41) is 5.56. The zero-order valence-electron chi connectivity index (χ0n) is 8.78. The second kappa shape index (κ2) is 3.01. The van der Waals surface area contributed by atoms with Crippen molar-refractivity contribution in [3.8, 4) is 0 Å². The highest BCUT2D eigenvalue weighted by Gasteiger charge is 2.10. The molecule has 0 fully saturated rings. The number of rotatable bonds is 1. The maximum atomic E-state index is 6.01. The minimum atomic E-state index is 0.307. The van der Waals surface area contributed by atoms with Crippen molar-refractivity contribution in [2.75, 3.05) is 5.73 Å². The summed E-state index contributed by atoms with van der Waals surface area (Å²) in [7, 11) is 0. The van der Waals surface area contributed by atoms with Gasteiger partial charge in [0.15, 0.2) is 0 Å². The molecule has 0 atom stereocenters. The molecule has 0 radical (unpaired) electrons. The average molecular weight is 189 g/mol. The van der Waals surface area contributed by atoms with Crippen LogP contribution >= 0.6 is 0 Å². The van der Waals surface area contributed by atoms with E-state index in [1.165, 1.54) is 5.56 Å². The molecule has 0 amide bonds. The maximum absolute atomic E-state index is 6.01. The van der Waals surface area contributed by atoms with E-state index in [2.05, 4.69) is 31.9 Å². The number of nitrogens with two attached hydrogens (primary N) is 1. The normalized spacial score (nSPS) is 11.4. The molecule has 0 saturated carbocycles. The van der Waals surface area contributed by atoms with Gasteiger partial charge < -0.3 is 5.73 Å². The second-order valence-corrected chi connectivity index (χ2v) is 3.89. The zero-order valence-corrected chi connectivity index (χ0v) is 8.78. The minimum Gasteiger partial charge on any atom is -0.383 e. The zero-order chi connectivity index (χ0) is 10.3. The lowest BCUT2D eigenvalue weighted by Crippen LogP contribution is -2.06. The number of fused-ring (bicyclic) bond motifs is 1. The van der Waals surface area contributed by atoms with Crippen LogP contribution in [0.15, 0.2) is 18.2 Å². The van der Waals surface area contributed by atoms with Gasteiger partial charge in [-0.2, -0.15) is 5.10 Å². The Labute approximate surface area is 83.5 Å². The van der Waals surface area contributed by atoms with E-state index >= 15 is 0 Å². The molecule has 1 aromatic heterocycles. The van der Waals surface area contributed by atoms with Gasteiger partial charge in [0.25, 0.3) is 0 Å². The van der Waals surface area contributed by atoms with Crippen molar-refractivity contribution in [2.24, 2.45) is 0 Å².